The standard InChI is InChI=1S/C29H31F3O/c1-3-5-21-12-16-26(29(32)28(21)31)20-9-7-19(8-10-20)25-15-13-22(17-27(25)30)23-11-14-24(6-4-2)33-18-23/h7-10,12-13,15-17,23-24H,3-6,11,14,18H2,1-2H3. The van der Waals surface area contributed by atoms with Crippen molar-refractivity contribution >= 4 is 0 Å². The first-order valence-corrected chi connectivity index (χ1v) is 12.0. The van der Waals surface area contributed by atoms with Gasteiger partial charge in [-0.25, -0.2) is 13.2 Å². The Balaban J connectivity index is 1.51. The molecule has 0 aliphatic carbocycles. The molecule has 3 aromatic rings. The van der Waals surface area contributed by atoms with Gasteiger partial charge < -0.3 is 4.74 Å². The van der Waals surface area contributed by atoms with E-state index < -0.39 is 11.6 Å². The van der Waals surface area contributed by atoms with Crippen LogP contribution in [0.2, 0.25) is 0 Å². The van der Waals surface area contributed by atoms with E-state index in [1.165, 1.54) is 0 Å². The van der Waals surface area contributed by atoms with Crippen LogP contribution in [-0.4, -0.2) is 12.7 Å². The van der Waals surface area contributed by atoms with Gasteiger partial charge in [0.05, 0.1) is 12.7 Å². The summed E-state index contributed by atoms with van der Waals surface area (Å²) in [6.07, 6.45) is 5.80. The maximum Gasteiger partial charge on any atom is 0.166 e. The Bertz CT molecular complexity index is 1080. The molecule has 0 N–H and O–H groups in total. The van der Waals surface area contributed by atoms with Gasteiger partial charge in [-0.05, 0) is 54.0 Å². The van der Waals surface area contributed by atoms with Gasteiger partial charge in [-0.1, -0.05) is 75.2 Å². The largest absolute Gasteiger partial charge is 0.378 e. The molecule has 1 aliphatic rings. The molecular formula is C29H31F3O. The second kappa shape index (κ2) is 10.6. The third-order valence-corrected chi connectivity index (χ3v) is 6.63. The van der Waals surface area contributed by atoms with Crippen molar-refractivity contribution < 1.29 is 17.9 Å². The Morgan fingerprint density at radius 2 is 1.48 bits per heavy atom. The molecule has 0 saturated carbocycles. The quantitative estimate of drug-likeness (QED) is 0.349. The van der Waals surface area contributed by atoms with E-state index >= 15 is 0 Å². The molecule has 0 bridgehead atoms. The van der Waals surface area contributed by atoms with Gasteiger partial charge in [0, 0.05) is 17.0 Å². The van der Waals surface area contributed by atoms with E-state index in [0.717, 1.165) is 37.7 Å². The molecular weight excluding hydrogens is 421 g/mol. The zero-order chi connectivity index (χ0) is 23.4. The summed E-state index contributed by atoms with van der Waals surface area (Å²) in [4.78, 5) is 0. The number of hydrogen-bond acceptors (Lipinski definition) is 1. The Morgan fingerprint density at radius 3 is 2.09 bits per heavy atom. The molecule has 3 aromatic carbocycles. The molecule has 1 nitrogen and oxygen atoms in total. The Labute approximate surface area is 194 Å². The summed E-state index contributed by atoms with van der Waals surface area (Å²) in [6, 6.07) is 15.6. The molecule has 33 heavy (non-hydrogen) atoms. The number of aryl methyl sites for hydroxylation is 1. The molecule has 0 amide bonds. The lowest BCUT2D eigenvalue weighted by Gasteiger charge is -2.29. The first-order chi connectivity index (χ1) is 16.0. The minimum Gasteiger partial charge on any atom is -0.378 e. The Kier molecular flexibility index (Phi) is 7.54. The number of hydrogen-bond donors (Lipinski definition) is 0. The van der Waals surface area contributed by atoms with Crippen molar-refractivity contribution in [2.24, 2.45) is 0 Å². The van der Waals surface area contributed by atoms with E-state index in [1.54, 1.807) is 48.5 Å². The van der Waals surface area contributed by atoms with Gasteiger partial charge in [-0.2, -0.15) is 0 Å². The van der Waals surface area contributed by atoms with Gasteiger partial charge in [0.1, 0.15) is 5.82 Å². The molecule has 1 saturated heterocycles. The summed E-state index contributed by atoms with van der Waals surface area (Å²) in [5.74, 6) is -1.68. The number of benzene rings is 3. The van der Waals surface area contributed by atoms with Crippen molar-refractivity contribution in [2.75, 3.05) is 6.61 Å². The van der Waals surface area contributed by atoms with E-state index in [9.17, 15) is 13.2 Å². The maximum atomic E-state index is 15.0. The van der Waals surface area contributed by atoms with E-state index in [4.69, 9.17) is 4.74 Å². The molecule has 1 fully saturated rings. The van der Waals surface area contributed by atoms with Gasteiger partial charge in [-0.3, -0.25) is 0 Å². The monoisotopic (exact) mass is 452 g/mol. The van der Waals surface area contributed by atoms with E-state index in [1.807, 2.05) is 13.0 Å². The van der Waals surface area contributed by atoms with Crippen LogP contribution in [0.1, 0.15) is 63.0 Å². The molecule has 4 heteroatoms. The lowest BCUT2D eigenvalue weighted by atomic mass is 9.89. The highest BCUT2D eigenvalue weighted by molar-refractivity contribution is 5.71. The van der Waals surface area contributed by atoms with Crippen LogP contribution < -0.4 is 0 Å². The summed E-state index contributed by atoms with van der Waals surface area (Å²) in [5.41, 5.74) is 3.34. The molecule has 2 atom stereocenters. The molecule has 4 rings (SSSR count). The predicted octanol–water partition coefficient (Wildman–Crippen LogP) is 8.45. The molecule has 1 heterocycles. The predicted molar refractivity (Wildman–Crippen MR) is 128 cm³/mol. The van der Waals surface area contributed by atoms with Crippen LogP contribution in [0.3, 0.4) is 0 Å². The third-order valence-electron chi connectivity index (χ3n) is 6.63. The van der Waals surface area contributed by atoms with Crippen molar-refractivity contribution in [2.45, 2.75) is 64.4 Å². The topological polar surface area (TPSA) is 9.23 Å². The Morgan fingerprint density at radius 1 is 0.788 bits per heavy atom. The zero-order valence-corrected chi connectivity index (χ0v) is 19.3. The summed E-state index contributed by atoms with van der Waals surface area (Å²) >= 11 is 0. The summed E-state index contributed by atoms with van der Waals surface area (Å²) < 4.78 is 49.9. The van der Waals surface area contributed by atoms with Crippen LogP contribution in [0, 0.1) is 17.5 Å². The SMILES string of the molecule is CCCc1ccc(-c2ccc(-c3ccc(C4CCC(CCC)OC4)cc3F)cc2)c(F)c1F. The van der Waals surface area contributed by atoms with Gasteiger partial charge in [-0.15, -0.1) is 0 Å². The van der Waals surface area contributed by atoms with Crippen LogP contribution in [0.5, 0.6) is 0 Å². The van der Waals surface area contributed by atoms with Crippen LogP contribution in [0.25, 0.3) is 22.3 Å². The molecule has 1 aliphatic heterocycles. The number of halogens is 3. The van der Waals surface area contributed by atoms with Crippen molar-refractivity contribution in [3.05, 3.63) is 83.2 Å². The van der Waals surface area contributed by atoms with Crippen LogP contribution >= 0.6 is 0 Å². The van der Waals surface area contributed by atoms with Crippen molar-refractivity contribution in [3.8, 4) is 22.3 Å². The zero-order valence-electron chi connectivity index (χ0n) is 19.3. The number of ether oxygens (including phenoxy) is 1. The third kappa shape index (κ3) is 5.16. The van der Waals surface area contributed by atoms with Crippen LogP contribution in [-0.2, 0) is 11.2 Å². The fraction of sp³-hybridized carbons (Fsp3) is 0.379. The lowest BCUT2D eigenvalue weighted by Crippen LogP contribution is -2.24. The first kappa shape index (κ1) is 23.6. The maximum absolute atomic E-state index is 15.0. The van der Waals surface area contributed by atoms with Crippen molar-refractivity contribution in [1.29, 1.82) is 0 Å². The first-order valence-electron chi connectivity index (χ1n) is 12.0. The highest BCUT2D eigenvalue weighted by atomic mass is 19.2. The second-order valence-corrected chi connectivity index (χ2v) is 8.99. The molecule has 174 valence electrons. The summed E-state index contributed by atoms with van der Waals surface area (Å²) in [5, 5.41) is 0. The van der Waals surface area contributed by atoms with Crippen molar-refractivity contribution in [3.63, 3.8) is 0 Å². The van der Waals surface area contributed by atoms with Crippen molar-refractivity contribution in [1.82, 2.24) is 0 Å². The average molecular weight is 453 g/mol. The van der Waals surface area contributed by atoms with Gasteiger partial charge in [0.2, 0.25) is 0 Å². The summed E-state index contributed by atoms with van der Waals surface area (Å²) in [7, 11) is 0. The molecule has 0 aromatic heterocycles. The highest BCUT2D eigenvalue weighted by Gasteiger charge is 2.23. The van der Waals surface area contributed by atoms with Gasteiger partial charge >= 0.3 is 0 Å². The van der Waals surface area contributed by atoms with E-state index in [2.05, 4.69) is 6.92 Å². The normalized spacial score (nSPS) is 18.5. The fourth-order valence-corrected chi connectivity index (χ4v) is 4.74. The smallest absolute Gasteiger partial charge is 0.166 e. The van der Waals surface area contributed by atoms with Gasteiger partial charge in [0.15, 0.2) is 11.6 Å². The van der Waals surface area contributed by atoms with Crippen LogP contribution in [0.4, 0.5) is 13.2 Å². The van der Waals surface area contributed by atoms with E-state index in [0.29, 0.717) is 41.4 Å². The fourth-order valence-electron chi connectivity index (χ4n) is 4.74. The molecule has 0 radical (unpaired) electrons. The Hall–Kier alpha value is -2.59. The summed E-state index contributed by atoms with van der Waals surface area (Å²) in [6.45, 7) is 4.73. The molecule has 0 spiro atoms. The lowest BCUT2D eigenvalue weighted by molar-refractivity contribution is -0.00115. The molecule has 2 unspecified atom stereocenters. The average Bonchev–Trinajstić information content (AvgIpc) is 2.83. The van der Waals surface area contributed by atoms with Crippen LogP contribution in [0.15, 0.2) is 54.6 Å². The van der Waals surface area contributed by atoms with Gasteiger partial charge in [0.25, 0.3) is 0 Å². The highest BCUT2D eigenvalue weighted by Crippen LogP contribution is 2.34. The minimum absolute atomic E-state index is 0.216. The number of rotatable bonds is 7. The minimum atomic E-state index is -0.833. The second-order valence-electron chi connectivity index (χ2n) is 8.99. The van der Waals surface area contributed by atoms with E-state index in [-0.39, 0.29) is 17.3 Å².